The number of hydrogen-bond acceptors (Lipinski definition) is 5. The zero-order valence-corrected chi connectivity index (χ0v) is 10.4. The Hall–Kier alpha value is -0.760. The predicted molar refractivity (Wildman–Crippen MR) is 63.0 cm³/mol. The minimum Gasteiger partial charge on any atom is -0.545 e. The smallest absolute Gasteiger partial charge is 0.321 e. The van der Waals surface area contributed by atoms with Crippen molar-refractivity contribution in [2.24, 2.45) is 0 Å². The number of carboxylic acid groups (broad SMARTS) is 1. The van der Waals surface area contributed by atoms with Gasteiger partial charge in [0.25, 0.3) is 0 Å². The van der Waals surface area contributed by atoms with Gasteiger partial charge in [-0.3, -0.25) is 4.79 Å². The van der Waals surface area contributed by atoms with E-state index in [0.29, 0.717) is 9.32 Å². The Kier molecular flexibility index (Phi) is 4.40. The molecule has 6 heteroatoms. The van der Waals surface area contributed by atoms with Crippen LogP contribution in [0.5, 0.6) is 5.75 Å². The molecule has 0 amide bonds. The second-order valence-electron chi connectivity index (χ2n) is 2.56. The highest BCUT2D eigenvalue weighted by Crippen LogP contribution is 2.22. The number of ether oxygens (including phenoxy) is 1. The van der Waals surface area contributed by atoms with Gasteiger partial charge in [0.15, 0.2) is 0 Å². The minimum atomic E-state index is -1.26. The van der Waals surface area contributed by atoms with E-state index in [2.05, 4.69) is 12.6 Å². The molecule has 0 aliphatic rings. The van der Waals surface area contributed by atoms with E-state index in [1.54, 1.807) is 0 Å². The van der Waals surface area contributed by atoms with Crippen LogP contribution >= 0.6 is 35.2 Å². The molecule has 4 nitrogen and oxygen atoms in total. The zero-order valence-electron chi connectivity index (χ0n) is 7.40. The SMILES string of the molecule is O=C(CS)Oc1ccc(C(=O)[O-])cc1I. The number of benzene rings is 1. The van der Waals surface area contributed by atoms with Gasteiger partial charge in [-0.1, -0.05) is 0 Å². The molecule has 1 aromatic carbocycles. The second kappa shape index (κ2) is 5.36. The topological polar surface area (TPSA) is 66.4 Å². The summed E-state index contributed by atoms with van der Waals surface area (Å²) < 4.78 is 5.42. The molecule has 80 valence electrons. The molecule has 0 unspecified atom stereocenters. The van der Waals surface area contributed by atoms with Gasteiger partial charge in [0.1, 0.15) is 5.75 Å². The van der Waals surface area contributed by atoms with Crippen LogP contribution in [-0.2, 0) is 4.79 Å². The quantitative estimate of drug-likeness (QED) is 0.377. The van der Waals surface area contributed by atoms with E-state index in [1.165, 1.54) is 18.2 Å². The van der Waals surface area contributed by atoms with Gasteiger partial charge in [-0.2, -0.15) is 12.6 Å². The van der Waals surface area contributed by atoms with E-state index >= 15 is 0 Å². The molecule has 0 aromatic heterocycles. The van der Waals surface area contributed by atoms with E-state index in [9.17, 15) is 14.7 Å². The van der Waals surface area contributed by atoms with Gasteiger partial charge >= 0.3 is 5.97 Å². The molecule has 0 N–H and O–H groups in total. The molecule has 0 fully saturated rings. The number of carboxylic acids is 1. The van der Waals surface area contributed by atoms with Gasteiger partial charge < -0.3 is 14.6 Å². The predicted octanol–water partition coefficient (Wildman–Crippen LogP) is 0.490. The summed E-state index contributed by atoms with van der Waals surface area (Å²) in [6.45, 7) is 0. The maximum Gasteiger partial charge on any atom is 0.321 e. The normalized spacial score (nSPS) is 9.73. The van der Waals surface area contributed by atoms with Crippen molar-refractivity contribution in [3.05, 3.63) is 27.3 Å². The summed E-state index contributed by atoms with van der Waals surface area (Å²) >= 11 is 5.63. The Labute approximate surface area is 105 Å². The highest BCUT2D eigenvalue weighted by Gasteiger charge is 2.07. The molecule has 0 aliphatic heterocycles. The number of aromatic carboxylic acids is 1. The summed E-state index contributed by atoms with van der Waals surface area (Å²) in [5, 5.41) is 10.5. The van der Waals surface area contributed by atoms with E-state index in [-0.39, 0.29) is 11.3 Å². The summed E-state index contributed by atoms with van der Waals surface area (Å²) in [7, 11) is 0. The lowest BCUT2D eigenvalue weighted by Crippen LogP contribution is -2.22. The van der Waals surface area contributed by atoms with Crippen molar-refractivity contribution in [1.29, 1.82) is 0 Å². The molecule has 0 aliphatic carbocycles. The molecule has 1 aromatic rings. The number of esters is 1. The number of hydrogen-bond donors (Lipinski definition) is 1. The third-order valence-electron chi connectivity index (χ3n) is 1.52. The fraction of sp³-hybridized carbons (Fsp3) is 0.111. The molecule has 1 rings (SSSR count). The third kappa shape index (κ3) is 3.38. The molecular weight excluding hydrogens is 331 g/mol. The van der Waals surface area contributed by atoms with Crippen LogP contribution in [0, 0.1) is 3.57 Å². The van der Waals surface area contributed by atoms with Gasteiger partial charge in [-0.25, -0.2) is 0 Å². The van der Waals surface area contributed by atoms with Crippen molar-refractivity contribution in [1.82, 2.24) is 0 Å². The van der Waals surface area contributed by atoms with Crippen LogP contribution in [0.25, 0.3) is 0 Å². The highest BCUT2D eigenvalue weighted by molar-refractivity contribution is 14.1. The van der Waals surface area contributed by atoms with Crippen LogP contribution in [0.4, 0.5) is 0 Å². The van der Waals surface area contributed by atoms with Gasteiger partial charge in [-0.15, -0.1) is 0 Å². The Morgan fingerprint density at radius 3 is 2.60 bits per heavy atom. The Morgan fingerprint density at radius 1 is 1.47 bits per heavy atom. The van der Waals surface area contributed by atoms with E-state index in [1.807, 2.05) is 22.6 Å². The van der Waals surface area contributed by atoms with E-state index in [4.69, 9.17) is 4.74 Å². The minimum absolute atomic E-state index is 0.0294. The Balaban J connectivity index is 2.93. The average molecular weight is 337 g/mol. The molecule has 0 saturated heterocycles. The molecular formula is C9H6IO4S-. The third-order valence-corrected chi connectivity index (χ3v) is 2.62. The van der Waals surface area contributed by atoms with Gasteiger partial charge in [0.05, 0.1) is 15.3 Å². The second-order valence-corrected chi connectivity index (χ2v) is 4.04. The molecule has 0 spiro atoms. The largest absolute Gasteiger partial charge is 0.545 e. The summed E-state index contributed by atoms with van der Waals surface area (Å²) in [6, 6.07) is 4.10. The molecule has 0 heterocycles. The zero-order chi connectivity index (χ0) is 11.4. The summed E-state index contributed by atoms with van der Waals surface area (Å²) in [6.07, 6.45) is 0. The monoisotopic (exact) mass is 337 g/mol. The van der Waals surface area contributed by atoms with E-state index < -0.39 is 11.9 Å². The summed E-state index contributed by atoms with van der Waals surface area (Å²) in [5.41, 5.74) is 0.0464. The first-order valence-electron chi connectivity index (χ1n) is 3.87. The van der Waals surface area contributed by atoms with Crippen LogP contribution in [-0.4, -0.2) is 17.7 Å². The number of halogens is 1. The van der Waals surface area contributed by atoms with Crippen molar-refractivity contribution >= 4 is 47.2 Å². The maximum atomic E-state index is 10.9. The molecule has 0 saturated carbocycles. The first-order valence-corrected chi connectivity index (χ1v) is 5.58. The van der Waals surface area contributed by atoms with Crippen molar-refractivity contribution in [3.63, 3.8) is 0 Å². The van der Waals surface area contributed by atoms with Crippen molar-refractivity contribution < 1.29 is 19.4 Å². The molecule has 0 radical (unpaired) electrons. The maximum absolute atomic E-state index is 10.9. The first-order chi connectivity index (χ1) is 7.04. The lowest BCUT2D eigenvalue weighted by molar-refractivity contribution is -0.255. The van der Waals surface area contributed by atoms with Gasteiger partial charge in [0, 0.05) is 0 Å². The fourth-order valence-electron chi connectivity index (χ4n) is 0.865. The number of carbonyl (C=O) groups excluding carboxylic acids is 2. The van der Waals surface area contributed by atoms with Crippen molar-refractivity contribution in [2.75, 3.05) is 5.75 Å². The van der Waals surface area contributed by atoms with Crippen LogP contribution in [0.15, 0.2) is 18.2 Å². The lowest BCUT2D eigenvalue weighted by atomic mass is 10.2. The van der Waals surface area contributed by atoms with Crippen molar-refractivity contribution in [3.8, 4) is 5.75 Å². The summed E-state index contributed by atoms with van der Waals surface area (Å²) in [4.78, 5) is 21.4. The molecule has 0 atom stereocenters. The average Bonchev–Trinajstić information content (AvgIpc) is 2.20. The van der Waals surface area contributed by atoms with Crippen LogP contribution in [0.2, 0.25) is 0 Å². The van der Waals surface area contributed by atoms with Crippen LogP contribution < -0.4 is 9.84 Å². The standard InChI is InChI=1S/C9H7IO4S/c10-6-3-5(9(12)13)1-2-7(6)14-8(11)4-15/h1-3,15H,4H2,(H,12,13)/p-1. The molecule has 0 bridgehead atoms. The van der Waals surface area contributed by atoms with Gasteiger partial charge in [0.2, 0.25) is 0 Å². The highest BCUT2D eigenvalue weighted by atomic mass is 127. The van der Waals surface area contributed by atoms with E-state index in [0.717, 1.165) is 0 Å². The van der Waals surface area contributed by atoms with Crippen LogP contribution in [0.1, 0.15) is 10.4 Å². The fourth-order valence-corrected chi connectivity index (χ4v) is 1.56. The number of carbonyl (C=O) groups is 2. The Morgan fingerprint density at radius 2 is 2.13 bits per heavy atom. The first kappa shape index (κ1) is 12.3. The number of rotatable bonds is 3. The Bertz CT molecular complexity index is 405. The van der Waals surface area contributed by atoms with Crippen LogP contribution in [0.3, 0.4) is 0 Å². The lowest BCUT2D eigenvalue weighted by Gasteiger charge is -2.07. The number of thiol groups is 1. The summed E-state index contributed by atoms with van der Waals surface area (Å²) in [5.74, 6) is -1.46. The molecule has 15 heavy (non-hydrogen) atoms. The van der Waals surface area contributed by atoms with Crippen molar-refractivity contribution in [2.45, 2.75) is 0 Å². The van der Waals surface area contributed by atoms with Gasteiger partial charge in [-0.05, 0) is 46.4 Å².